The van der Waals surface area contributed by atoms with E-state index in [0.717, 1.165) is 68.3 Å². The Balaban J connectivity index is 1.58. The summed E-state index contributed by atoms with van der Waals surface area (Å²) in [7, 11) is 0. The zero-order valence-electron chi connectivity index (χ0n) is 19.3. The Kier molecular flexibility index (Phi) is 6.89. The van der Waals surface area contributed by atoms with Gasteiger partial charge in [0.25, 0.3) is 0 Å². The van der Waals surface area contributed by atoms with Gasteiger partial charge in [0.1, 0.15) is 5.82 Å². The Labute approximate surface area is 186 Å². The van der Waals surface area contributed by atoms with Crippen molar-refractivity contribution in [1.29, 1.82) is 0 Å². The van der Waals surface area contributed by atoms with E-state index < -0.39 is 0 Å². The molecule has 0 atom stereocenters. The maximum atomic E-state index is 13.1. The molecule has 2 heterocycles. The van der Waals surface area contributed by atoms with E-state index >= 15 is 0 Å². The lowest BCUT2D eigenvalue weighted by Crippen LogP contribution is -2.39. The Hall–Kier alpha value is -2.43. The molecule has 0 spiro atoms. The van der Waals surface area contributed by atoms with Gasteiger partial charge in [0.05, 0.1) is 0 Å². The second-order valence-electron chi connectivity index (χ2n) is 9.39. The molecule has 2 aromatic rings. The van der Waals surface area contributed by atoms with E-state index in [0.29, 0.717) is 11.8 Å². The van der Waals surface area contributed by atoms with Crippen LogP contribution in [0.1, 0.15) is 69.5 Å². The highest BCUT2D eigenvalue weighted by Crippen LogP contribution is 2.32. The van der Waals surface area contributed by atoms with Crippen LogP contribution in [0.5, 0.6) is 0 Å². The molecule has 0 bridgehead atoms. The Bertz CT molecular complexity index is 890. The fraction of sp³-hybridized carbons (Fsp3) is 0.577. The number of aryl methyl sites for hydroxylation is 1. The van der Waals surface area contributed by atoms with Crippen LogP contribution in [0.4, 0.5) is 5.82 Å². The van der Waals surface area contributed by atoms with Crippen LogP contribution in [-0.2, 0) is 4.79 Å². The second-order valence-corrected chi connectivity index (χ2v) is 9.39. The van der Waals surface area contributed by atoms with Crippen LogP contribution >= 0.6 is 0 Å². The number of carbonyl (C=O) groups excluding carboxylic acids is 1. The first kappa shape index (κ1) is 21.8. The smallest absolute Gasteiger partial charge is 0.225 e. The van der Waals surface area contributed by atoms with Gasteiger partial charge in [0, 0.05) is 48.9 Å². The van der Waals surface area contributed by atoms with Gasteiger partial charge in [-0.25, -0.2) is 9.97 Å². The molecule has 1 saturated carbocycles. The highest BCUT2D eigenvalue weighted by atomic mass is 16.2. The molecule has 1 saturated heterocycles. The molecule has 1 aromatic carbocycles. The summed E-state index contributed by atoms with van der Waals surface area (Å²) < 4.78 is 0. The van der Waals surface area contributed by atoms with Crippen LogP contribution in [0.2, 0.25) is 0 Å². The summed E-state index contributed by atoms with van der Waals surface area (Å²) in [6.45, 7) is 9.95. The average molecular weight is 421 g/mol. The van der Waals surface area contributed by atoms with Crippen LogP contribution in [0.25, 0.3) is 11.4 Å². The molecule has 1 amide bonds. The molecule has 2 aliphatic rings. The summed E-state index contributed by atoms with van der Waals surface area (Å²) in [6.07, 6.45) is 6.82. The predicted octanol–water partition coefficient (Wildman–Crippen LogP) is 5.19. The van der Waals surface area contributed by atoms with Gasteiger partial charge in [-0.15, -0.1) is 0 Å². The Morgan fingerprint density at radius 3 is 2.39 bits per heavy atom. The van der Waals surface area contributed by atoms with E-state index in [9.17, 15) is 4.79 Å². The standard InChI is InChI=1S/C26H36N4O/c1-19(2)23-20(3)27-24(21-11-6-4-7-12-21)28-25(23)29-15-10-16-30(18-17-29)26(31)22-13-8-5-9-14-22/h4,6-7,11-12,19,22H,5,8-10,13-18H2,1-3H3. The molecular weight excluding hydrogens is 384 g/mol. The first-order valence-corrected chi connectivity index (χ1v) is 12.0. The summed E-state index contributed by atoms with van der Waals surface area (Å²) in [5.41, 5.74) is 3.33. The van der Waals surface area contributed by atoms with Gasteiger partial charge in [-0.1, -0.05) is 63.4 Å². The summed E-state index contributed by atoms with van der Waals surface area (Å²) in [6, 6.07) is 10.2. The van der Waals surface area contributed by atoms with Crippen molar-refractivity contribution in [2.75, 3.05) is 31.1 Å². The maximum Gasteiger partial charge on any atom is 0.225 e. The summed E-state index contributed by atoms with van der Waals surface area (Å²) >= 11 is 0. The van der Waals surface area contributed by atoms with Gasteiger partial charge in [-0.2, -0.15) is 0 Å². The third kappa shape index (κ3) is 4.91. The number of anilines is 1. The number of hydrogen-bond acceptors (Lipinski definition) is 4. The molecule has 5 nitrogen and oxygen atoms in total. The topological polar surface area (TPSA) is 49.3 Å². The van der Waals surface area contributed by atoms with E-state index in [2.05, 4.69) is 42.7 Å². The molecule has 0 N–H and O–H groups in total. The molecular formula is C26H36N4O. The van der Waals surface area contributed by atoms with E-state index in [1.54, 1.807) is 0 Å². The van der Waals surface area contributed by atoms with Crippen molar-refractivity contribution in [2.45, 2.75) is 65.2 Å². The van der Waals surface area contributed by atoms with Gasteiger partial charge in [0.15, 0.2) is 5.82 Å². The first-order valence-electron chi connectivity index (χ1n) is 12.0. The molecule has 5 heteroatoms. The third-order valence-corrected chi connectivity index (χ3v) is 6.79. The van der Waals surface area contributed by atoms with Gasteiger partial charge >= 0.3 is 0 Å². The fourth-order valence-electron chi connectivity index (χ4n) is 5.16. The molecule has 0 radical (unpaired) electrons. The largest absolute Gasteiger partial charge is 0.354 e. The number of hydrogen-bond donors (Lipinski definition) is 0. The number of aromatic nitrogens is 2. The first-order chi connectivity index (χ1) is 15.0. The minimum atomic E-state index is 0.248. The highest BCUT2D eigenvalue weighted by molar-refractivity contribution is 5.79. The lowest BCUT2D eigenvalue weighted by molar-refractivity contribution is -0.136. The molecule has 31 heavy (non-hydrogen) atoms. The quantitative estimate of drug-likeness (QED) is 0.683. The van der Waals surface area contributed by atoms with Crippen molar-refractivity contribution >= 4 is 11.7 Å². The van der Waals surface area contributed by atoms with Crippen molar-refractivity contribution in [1.82, 2.24) is 14.9 Å². The number of rotatable bonds is 4. The van der Waals surface area contributed by atoms with Gasteiger partial charge < -0.3 is 9.80 Å². The van der Waals surface area contributed by atoms with Crippen molar-refractivity contribution in [2.24, 2.45) is 5.92 Å². The zero-order chi connectivity index (χ0) is 21.8. The van der Waals surface area contributed by atoms with Crippen LogP contribution in [0.3, 0.4) is 0 Å². The van der Waals surface area contributed by atoms with Crippen LogP contribution in [0, 0.1) is 12.8 Å². The van der Waals surface area contributed by atoms with E-state index in [4.69, 9.17) is 9.97 Å². The summed E-state index contributed by atoms with van der Waals surface area (Å²) in [5.74, 6) is 2.82. The number of carbonyl (C=O) groups is 1. The number of nitrogens with zero attached hydrogens (tertiary/aromatic N) is 4. The lowest BCUT2D eigenvalue weighted by atomic mass is 9.88. The summed E-state index contributed by atoms with van der Waals surface area (Å²) in [4.78, 5) is 27.5. The van der Waals surface area contributed by atoms with Gasteiger partial charge in [0.2, 0.25) is 5.91 Å². The van der Waals surface area contributed by atoms with Crippen molar-refractivity contribution < 1.29 is 4.79 Å². The molecule has 1 aliphatic carbocycles. The predicted molar refractivity (Wildman–Crippen MR) is 126 cm³/mol. The molecule has 4 rings (SSSR count). The molecule has 2 fully saturated rings. The number of benzene rings is 1. The van der Waals surface area contributed by atoms with Crippen molar-refractivity contribution in [3.63, 3.8) is 0 Å². The van der Waals surface area contributed by atoms with E-state index in [-0.39, 0.29) is 5.92 Å². The minimum Gasteiger partial charge on any atom is -0.354 e. The van der Waals surface area contributed by atoms with E-state index in [1.165, 1.54) is 24.8 Å². The zero-order valence-corrected chi connectivity index (χ0v) is 19.3. The van der Waals surface area contributed by atoms with Crippen LogP contribution < -0.4 is 4.90 Å². The second kappa shape index (κ2) is 9.80. The summed E-state index contributed by atoms with van der Waals surface area (Å²) in [5, 5.41) is 0. The van der Waals surface area contributed by atoms with E-state index in [1.807, 2.05) is 18.2 Å². The van der Waals surface area contributed by atoms with Crippen LogP contribution in [-0.4, -0.2) is 47.0 Å². The Morgan fingerprint density at radius 2 is 1.68 bits per heavy atom. The maximum absolute atomic E-state index is 13.1. The van der Waals surface area contributed by atoms with Crippen molar-refractivity contribution in [3.8, 4) is 11.4 Å². The minimum absolute atomic E-state index is 0.248. The molecule has 1 aromatic heterocycles. The third-order valence-electron chi connectivity index (χ3n) is 6.79. The average Bonchev–Trinajstić information content (AvgIpc) is 3.05. The normalized spacial score (nSPS) is 18.3. The molecule has 0 unspecified atom stereocenters. The highest BCUT2D eigenvalue weighted by Gasteiger charge is 2.29. The van der Waals surface area contributed by atoms with Crippen LogP contribution in [0.15, 0.2) is 30.3 Å². The Morgan fingerprint density at radius 1 is 0.935 bits per heavy atom. The molecule has 1 aliphatic heterocycles. The number of amides is 1. The van der Waals surface area contributed by atoms with Gasteiger partial charge in [-0.3, -0.25) is 4.79 Å². The lowest BCUT2D eigenvalue weighted by Gasteiger charge is -2.29. The molecule has 166 valence electrons. The monoisotopic (exact) mass is 420 g/mol. The fourth-order valence-corrected chi connectivity index (χ4v) is 5.16. The van der Waals surface area contributed by atoms with Crippen molar-refractivity contribution in [3.05, 3.63) is 41.6 Å². The SMILES string of the molecule is Cc1nc(-c2ccccc2)nc(N2CCCN(C(=O)C3CCCCC3)CC2)c1C(C)C. The van der Waals surface area contributed by atoms with Gasteiger partial charge in [-0.05, 0) is 32.1 Å².